The molecule has 156 valence electrons. The van der Waals surface area contributed by atoms with Gasteiger partial charge in [-0.25, -0.2) is 0 Å². The summed E-state index contributed by atoms with van der Waals surface area (Å²) < 4.78 is 22.7. The number of halogens is 1. The molecule has 1 amide bonds. The van der Waals surface area contributed by atoms with Crippen molar-refractivity contribution in [1.82, 2.24) is 15.3 Å². The topological polar surface area (TPSA) is 96.4 Å². The molecule has 3 rings (SSSR count). The molecule has 0 fully saturated rings. The summed E-state index contributed by atoms with van der Waals surface area (Å²) in [5.74, 6) is 0.204. The number of aromatic nitrogens is 2. The van der Waals surface area contributed by atoms with Crippen LogP contribution in [0.3, 0.4) is 0 Å². The van der Waals surface area contributed by atoms with Gasteiger partial charge in [0.2, 0.25) is 5.88 Å². The van der Waals surface area contributed by atoms with Gasteiger partial charge in [0.15, 0.2) is 0 Å². The van der Waals surface area contributed by atoms with Crippen molar-refractivity contribution in [3.05, 3.63) is 76.4 Å². The van der Waals surface area contributed by atoms with E-state index >= 15 is 0 Å². The number of nitrogens with one attached hydrogen (secondary N) is 1. The van der Waals surface area contributed by atoms with Gasteiger partial charge in [0, 0.05) is 17.7 Å². The van der Waals surface area contributed by atoms with Crippen LogP contribution in [0.5, 0.6) is 11.6 Å². The van der Waals surface area contributed by atoms with Crippen LogP contribution < -0.4 is 14.8 Å². The number of rotatable bonds is 8. The summed E-state index contributed by atoms with van der Waals surface area (Å²) in [6.07, 6.45) is 2.78. The fourth-order valence-corrected chi connectivity index (χ4v) is 3.27. The predicted molar refractivity (Wildman–Crippen MR) is 114 cm³/mol. The van der Waals surface area contributed by atoms with Crippen LogP contribution in [0, 0.1) is 0 Å². The highest BCUT2D eigenvalue weighted by Crippen LogP contribution is 2.26. The number of carbonyl (C=O) groups is 1. The third-order valence-corrected chi connectivity index (χ3v) is 5.13. The van der Waals surface area contributed by atoms with Gasteiger partial charge in [-0.3, -0.25) is 4.79 Å². The van der Waals surface area contributed by atoms with Gasteiger partial charge in [0.25, 0.3) is 5.91 Å². The summed E-state index contributed by atoms with van der Waals surface area (Å²) in [6.45, 7) is 0.449. The molecule has 9 heteroatoms. The van der Waals surface area contributed by atoms with E-state index in [0.717, 1.165) is 11.1 Å². The van der Waals surface area contributed by atoms with Gasteiger partial charge in [-0.2, -0.15) is 4.98 Å². The van der Waals surface area contributed by atoms with Crippen molar-refractivity contribution in [2.24, 2.45) is 0 Å². The van der Waals surface area contributed by atoms with E-state index < -0.39 is 17.1 Å². The van der Waals surface area contributed by atoms with Gasteiger partial charge in [0.05, 0.1) is 18.3 Å². The molecule has 0 aliphatic carbocycles. The van der Waals surface area contributed by atoms with E-state index in [1.54, 1.807) is 18.2 Å². The number of ether oxygens (including phenoxy) is 2. The summed E-state index contributed by atoms with van der Waals surface area (Å²) >= 11 is 4.73. The second-order valence-electron chi connectivity index (χ2n) is 6.25. The highest BCUT2D eigenvalue weighted by molar-refractivity contribution is 7.90. The second-order valence-corrected chi connectivity index (χ2v) is 7.93. The first-order chi connectivity index (χ1) is 14.5. The molecule has 0 spiro atoms. The summed E-state index contributed by atoms with van der Waals surface area (Å²) in [4.78, 5) is 20.9. The van der Waals surface area contributed by atoms with Crippen molar-refractivity contribution >= 4 is 28.7 Å². The zero-order valence-corrected chi connectivity index (χ0v) is 18.0. The number of nitrogens with zero attached hydrogens (tertiary/aromatic N) is 2. The van der Waals surface area contributed by atoms with Gasteiger partial charge < -0.3 is 19.3 Å². The predicted octanol–water partition coefficient (Wildman–Crippen LogP) is 3.39. The maximum absolute atomic E-state index is 12.7. The van der Waals surface area contributed by atoms with E-state index in [4.69, 9.17) is 21.1 Å². The SMILES string of the molecule is COc1ccc(COc2nc([S+](C)[O-])ncc2C(=O)NCc2ccccc2)cc1Cl. The summed E-state index contributed by atoms with van der Waals surface area (Å²) in [6, 6.07) is 14.7. The Morgan fingerprint density at radius 2 is 1.97 bits per heavy atom. The van der Waals surface area contributed by atoms with E-state index in [1.807, 2.05) is 30.3 Å². The molecule has 1 unspecified atom stereocenters. The highest BCUT2D eigenvalue weighted by Gasteiger charge is 2.20. The van der Waals surface area contributed by atoms with Gasteiger partial charge in [-0.1, -0.05) is 48.0 Å². The Hall–Kier alpha value is -2.81. The van der Waals surface area contributed by atoms with Gasteiger partial charge in [-0.15, -0.1) is 4.98 Å². The highest BCUT2D eigenvalue weighted by atomic mass is 35.5. The third kappa shape index (κ3) is 5.63. The average Bonchev–Trinajstić information content (AvgIpc) is 2.76. The average molecular weight is 446 g/mol. The van der Waals surface area contributed by atoms with Crippen LogP contribution in [0.2, 0.25) is 5.02 Å². The van der Waals surface area contributed by atoms with E-state index in [9.17, 15) is 9.35 Å². The van der Waals surface area contributed by atoms with Crippen LogP contribution in [0.25, 0.3) is 0 Å². The van der Waals surface area contributed by atoms with E-state index in [-0.39, 0.29) is 23.2 Å². The van der Waals surface area contributed by atoms with Crippen molar-refractivity contribution in [2.75, 3.05) is 13.4 Å². The van der Waals surface area contributed by atoms with E-state index in [1.165, 1.54) is 19.6 Å². The lowest BCUT2D eigenvalue weighted by Gasteiger charge is -2.12. The van der Waals surface area contributed by atoms with Crippen molar-refractivity contribution in [3.63, 3.8) is 0 Å². The Morgan fingerprint density at radius 1 is 1.20 bits per heavy atom. The number of carbonyl (C=O) groups excluding carboxylic acids is 1. The second kappa shape index (κ2) is 10.3. The molecule has 7 nitrogen and oxygen atoms in total. The summed E-state index contributed by atoms with van der Waals surface area (Å²) in [5, 5.41) is 3.34. The molecular weight excluding hydrogens is 426 g/mol. The zero-order chi connectivity index (χ0) is 21.5. The normalized spacial score (nSPS) is 11.6. The summed E-state index contributed by atoms with van der Waals surface area (Å²) in [7, 11) is 1.53. The quantitative estimate of drug-likeness (QED) is 0.421. The Morgan fingerprint density at radius 3 is 2.63 bits per heavy atom. The molecule has 1 N–H and O–H groups in total. The molecule has 3 aromatic rings. The molecular formula is C21H20ClN3O4S. The fourth-order valence-electron chi connectivity index (χ4n) is 2.58. The number of hydrogen-bond donors (Lipinski definition) is 1. The molecule has 2 aromatic carbocycles. The first-order valence-corrected chi connectivity index (χ1v) is 10.9. The molecule has 0 radical (unpaired) electrons. The molecule has 30 heavy (non-hydrogen) atoms. The Balaban J connectivity index is 1.78. The minimum atomic E-state index is -1.42. The van der Waals surface area contributed by atoms with Gasteiger partial charge >= 0.3 is 5.16 Å². The number of benzene rings is 2. The lowest BCUT2D eigenvalue weighted by molar-refractivity contribution is 0.0944. The maximum Gasteiger partial charge on any atom is 0.345 e. The molecule has 0 saturated heterocycles. The van der Waals surface area contributed by atoms with Crippen LogP contribution in [0.15, 0.2) is 59.9 Å². The molecule has 1 heterocycles. The first-order valence-electron chi connectivity index (χ1n) is 8.95. The van der Waals surface area contributed by atoms with Crippen molar-refractivity contribution in [2.45, 2.75) is 18.3 Å². The first kappa shape index (κ1) is 21.9. The molecule has 1 aromatic heterocycles. The van der Waals surface area contributed by atoms with Crippen LogP contribution in [0.1, 0.15) is 21.5 Å². The monoisotopic (exact) mass is 445 g/mol. The van der Waals surface area contributed by atoms with E-state index in [0.29, 0.717) is 17.3 Å². The van der Waals surface area contributed by atoms with Crippen molar-refractivity contribution in [1.29, 1.82) is 0 Å². The molecule has 0 saturated carbocycles. The van der Waals surface area contributed by atoms with Crippen LogP contribution in [0.4, 0.5) is 0 Å². The molecule has 0 aliphatic rings. The van der Waals surface area contributed by atoms with Crippen LogP contribution in [-0.2, 0) is 24.3 Å². The zero-order valence-electron chi connectivity index (χ0n) is 16.4. The van der Waals surface area contributed by atoms with Gasteiger partial charge in [0.1, 0.15) is 24.2 Å². The minimum absolute atomic E-state index is 0.0488. The minimum Gasteiger partial charge on any atom is -0.609 e. The van der Waals surface area contributed by atoms with Crippen LogP contribution in [-0.4, -0.2) is 33.8 Å². The Labute approximate surface area is 182 Å². The Bertz CT molecular complexity index is 1020. The standard InChI is InChI=1S/C21H20ClN3O4S/c1-28-18-9-8-15(10-17(18)22)13-29-20-16(12-24-21(25-20)30(2)27)19(26)23-11-14-6-4-3-5-7-14/h3-10,12H,11,13H2,1-2H3,(H,23,26). The number of methoxy groups -OCH3 is 1. The lowest BCUT2D eigenvalue weighted by Crippen LogP contribution is -2.24. The molecule has 0 aliphatic heterocycles. The van der Waals surface area contributed by atoms with Crippen molar-refractivity contribution < 1.29 is 18.8 Å². The smallest absolute Gasteiger partial charge is 0.345 e. The largest absolute Gasteiger partial charge is 0.609 e. The third-order valence-electron chi connectivity index (χ3n) is 4.12. The van der Waals surface area contributed by atoms with Gasteiger partial charge in [-0.05, 0) is 23.3 Å². The summed E-state index contributed by atoms with van der Waals surface area (Å²) in [5.41, 5.74) is 1.86. The Kier molecular flexibility index (Phi) is 7.51. The lowest BCUT2D eigenvalue weighted by atomic mass is 10.2. The number of amides is 1. The molecule has 1 atom stereocenters. The van der Waals surface area contributed by atoms with Crippen molar-refractivity contribution in [3.8, 4) is 11.6 Å². The molecule has 0 bridgehead atoms. The fraction of sp³-hybridized carbons (Fsp3) is 0.190. The number of hydrogen-bond acceptors (Lipinski definition) is 6. The van der Waals surface area contributed by atoms with E-state index in [2.05, 4.69) is 15.3 Å². The van der Waals surface area contributed by atoms with Crippen LogP contribution >= 0.6 is 11.6 Å². The maximum atomic E-state index is 12.7.